The van der Waals surface area contributed by atoms with Crippen molar-refractivity contribution in [3.8, 4) is 11.8 Å². The molecule has 0 radical (unpaired) electrons. The Morgan fingerprint density at radius 1 is 1.09 bits per heavy atom. The van der Waals surface area contributed by atoms with E-state index in [1.807, 2.05) is 24.3 Å². The van der Waals surface area contributed by atoms with Crippen molar-refractivity contribution in [3.05, 3.63) is 64.2 Å². The molecule has 33 heavy (non-hydrogen) atoms. The maximum Gasteiger partial charge on any atom is 0.222 e. The van der Waals surface area contributed by atoms with Gasteiger partial charge in [-0.25, -0.2) is 0 Å². The highest BCUT2D eigenvalue weighted by molar-refractivity contribution is 5.54. The van der Waals surface area contributed by atoms with Crippen LogP contribution < -0.4 is 4.74 Å². The van der Waals surface area contributed by atoms with Gasteiger partial charge in [-0.3, -0.25) is 0 Å². The summed E-state index contributed by atoms with van der Waals surface area (Å²) in [5, 5.41) is 61.6. The summed E-state index contributed by atoms with van der Waals surface area (Å²) in [7, 11) is 0. The molecule has 2 aromatic carbocycles. The highest BCUT2D eigenvalue weighted by atomic mass is 16.7. The van der Waals surface area contributed by atoms with Gasteiger partial charge in [0.05, 0.1) is 18.3 Å². The van der Waals surface area contributed by atoms with Crippen LogP contribution in [-0.2, 0) is 23.4 Å². The summed E-state index contributed by atoms with van der Waals surface area (Å²) >= 11 is 0. The fourth-order valence-corrected chi connectivity index (χ4v) is 4.00. The number of nitriles is 1. The molecule has 0 amide bonds. The molecule has 0 unspecified atom stereocenters. The number of ether oxygens (including phenoxy) is 2. The summed E-state index contributed by atoms with van der Waals surface area (Å²) < 4.78 is 11.3. The van der Waals surface area contributed by atoms with E-state index in [4.69, 9.17) is 9.47 Å². The molecular formula is C25H31NO7. The van der Waals surface area contributed by atoms with Crippen LogP contribution >= 0.6 is 0 Å². The van der Waals surface area contributed by atoms with E-state index >= 15 is 0 Å². The molecule has 0 bridgehead atoms. The average molecular weight is 458 g/mol. The number of rotatable bonds is 7. The molecule has 178 valence electrons. The molecule has 1 aliphatic heterocycles. The van der Waals surface area contributed by atoms with Crippen molar-refractivity contribution >= 4 is 0 Å². The van der Waals surface area contributed by atoms with Gasteiger partial charge in [-0.15, -0.1) is 0 Å². The fourth-order valence-electron chi connectivity index (χ4n) is 4.00. The van der Waals surface area contributed by atoms with Gasteiger partial charge in [-0.05, 0) is 55.5 Å². The second kappa shape index (κ2) is 10.2. The standard InChI is InChI=1S/C25H31NO7/c1-4-15-5-7-16(8-6-15)9-17-10-18(11-20(19(17)12-26)32-14(2)3)25(31)24(30)23(29)22(28)21(13-27)33-25/h5-8,10-11,14,21-24,27-31H,4,9,13H2,1-3H3/t21-,22-,23+,24-,25+/m1/s1. The Kier molecular flexibility index (Phi) is 7.75. The number of nitrogens with zero attached hydrogens (tertiary/aromatic N) is 1. The molecular weight excluding hydrogens is 426 g/mol. The lowest BCUT2D eigenvalue weighted by Gasteiger charge is -2.45. The Morgan fingerprint density at radius 2 is 1.73 bits per heavy atom. The molecule has 1 fully saturated rings. The van der Waals surface area contributed by atoms with Crippen molar-refractivity contribution in [1.82, 2.24) is 0 Å². The Bertz CT molecular complexity index is 999. The molecule has 8 nitrogen and oxygen atoms in total. The third-order valence-electron chi connectivity index (χ3n) is 5.86. The van der Waals surface area contributed by atoms with E-state index in [1.54, 1.807) is 13.8 Å². The maximum absolute atomic E-state index is 11.3. The smallest absolute Gasteiger partial charge is 0.222 e. The van der Waals surface area contributed by atoms with Crippen molar-refractivity contribution < 1.29 is 35.0 Å². The Hall–Kier alpha value is -2.51. The summed E-state index contributed by atoms with van der Waals surface area (Å²) in [5.74, 6) is -2.26. The van der Waals surface area contributed by atoms with Crippen molar-refractivity contribution in [2.75, 3.05) is 6.61 Å². The zero-order valence-corrected chi connectivity index (χ0v) is 19.0. The van der Waals surface area contributed by atoms with E-state index in [-0.39, 0.29) is 23.0 Å². The highest BCUT2D eigenvalue weighted by Crippen LogP contribution is 2.40. The second-order valence-corrected chi connectivity index (χ2v) is 8.60. The first-order valence-corrected chi connectivity index (χ1v) is 11.0. The van der Waals surface area contributed by atoms with Crippen LogP contribution in [0.5, 0.6) is 5.75 Å². The number of aliphatic hydroxyl groups is 5. The first kappa shape index (κ1) is 25.1. The van der Waals surface area contributed by atoms with Crippen molar-refractivity contribution in [2.24, 2.45) is 0 Å². The number of hydrogen-bond acceptors (Lipinski definition) is 8. The molecule has 1 aliphatic rings. The van der Waals surface area contributed by atoms with Crippen LogP contribution in [0.2, 0.25) is 0 Å². The minimum absolute atomic E-state index is 0.0363. The van der Waals surface area contributed by atoms with Gasteiger partial charge < -0.3 is 35.0 Å². The van der Waals surface area contributed by atoms with Gasteiger partial charge in [-0.1, -0.05) is 31.2 Å². The number of aliphatic hydroxyl groups excluding tert-OH is 4. The molecule has 0 aliphatic carbocycles. The minimum atomic E-state index is -2.45. The van der Waals surface area contributed by atoms with E-state index < -0.39 is 36.8 Å². The molecule has 1 heterocycles. The molecule has 3 rings (SSSR count). The maximum atomic E-state index is 11.3. The van der Waals surface area contributed by atoms with Crippen molar-refractivity contribution in [1.29, 1.82) is 5.26 Å². The molecule has 1 saturated heterocycles. The lowest BCUT2D eigenvalue weighted by molar-refractivity contribution is -0.357. The van der Waals surface area contributed by atoms with Gasteiger partial charge in [0.15, 0.2) is 0 Å². The van der Waals surface area contributed by atoms with Gasteiger partial charge in [-0.2, -0.15) is 5.26 Å². The quantitative estimate of drug-likeness (QED) is 0.416. The molecule has 0 spiro atoms. The van der Waals surface area contributed by atoms with Crippen LogP contribution in [0, 0.1) is 11.3 Å². The highest BCUT2D eigenvalue weighted by Gasteiger charge is 2.54. The van der Waals surface area contributed by atoms with Crippen LogP contribution in [0.4, 0.5) is 0 Å². The van der Waals surface area contributed by atoms with Gasteiger partial charge >= 0.3 is 0 Å². The molecule has 2 aromatic rings. The lowest BCUT2D eigenvalue weighted by Crippen LogP contribution is -2.63. The molecule has 5 N–H and O–H groups in total. The Morgan fingerprint density at radius 3 is 2.27 bits per heavy atom. The number of aryl methyl sites for hydroxylation is 1. The minimum Gasteiger partial charge on any atom is -0.490 e. The van der Waals surface area contributed by atoms with Crippen molar-refractivity contribution in [2.45, 2.75) is 69.9 Å². The topological polar surface area (TPSA) is 143 Å². The Labute approximate surface area is 193 Å². The zero-order chi connectivity index (χ0) is 24.3. The number of benzene rings is 2. The predicted octanol–water partition coefficient (Wildman–Crippen LogP) is 1.12. The fraction of sp³-hybridized carbons (Fsp3) is 0.480. The summed E-state index contributed by atoms with van der Waals surface area (Å²) in [4.78, 5) is 0. The summed E-state index contributed by atoms with van der Waals surface area (Å²) in [6.07, 6.45) is -5.64. The van der Waals surface area contributed by atoms with Crippen molar-refractivity contribution in [3.63, 3.8) is 0 Å². The van der Waals surface area contributed by atoms with E-state index in [1.165, 1.54) is 17.7 Å². The summed E-state index contributed by atoms with van der Waals surface area (Å²) in [5.41, 5.74) is 2.94. The van der Waals surface area contributed by atoms with Crippen LogP contribution in [0.1, 0.15) is 48.6 Å². The van der Waals surface area contributed by atoms with E-state index in [2.05, 4.69) is 13.0 Å². The first-order chi connectivity index (χ1) is 15.6. The van der Waals surface area contributed by atoms with Crippen LogP contribution in [-0.4, -0.2) is 62.7 Å². The molecule has 8 heteroatoms. The van der Waals surface area contributed by atoms with Gasteiger partial charge in [0.2, 0.25) is 5.79 Å². The van der Waals surface area contributed by atoms with Crippen LogP contribution in [0.15, 0.2) is 36.4 Å². The molecule has 5 atom stereocenters. The largest absolute Gasteiger partial charge is 0.490 e. The second-order valence-electron chi connectivity index (χ2n) is 8.60. The summed E-state index contributed by atoms with van der Waals surface area (Å²) in [6, 6.07) is 13.0. The predicted molar refractivity (Wildman–Crippen MR) is 119 cm³/mol. The average Bonchev–Trinajstić information content (AvgIpc) is 2.80. The van der Waals surface area contributed by atoms with E-state index in [9.17, 15) is 30.8 Å². The molecule has 0 saturated carbocycles. The van der Waals surface area contributed by atoms with Gasteiger partial charge in [0.25, 0.3) is 0 Å². The Balaban J connectivity index is 2.12. The zero-order valence-electron chi connectivity index (χ0n) is 19.0. The van der Waals surface area contributed by atoms with Gasteiger partial charge in [0.1, 0.15) is 36.2 Å². The van der Waals surface area contributed by atoms with Crippen LogP contribution in [0.3, 0.4) is 0 Å². The van der Waals surface area contributed by atoms with Crippen LogP contribution in [0.25, 0.3) is 0 Å². The normalized spacial score (nSPS) is 27.4. The molecule has 0 aromatic heterocycles. The van der Waals surface area contributed by atoms with E-state index in [0.29, 0.717) is 12.0 Å². The van der Waals surface area contributed by atoms with Gasteiger partial charge in [0, 0.05) is 5.56 Å². The lowest BCUT2D eigenvalue weighted by atomic mass is 9.86. The third kappa shape index (κ3) is 5.04. The first-order valence-electron chi connectivity index (χ1n) is 11.0. The monoisotopic (exact) mass is 457 g/mol. The summed E-state index contributed by atoms with van der Waals surface area (Å²) in [6.45, 7) is 4.96. The number of hydrogen-bond donors (Lipinski definition) is 5. The SMILES string of the molecule is CCc1ccc(Cc2cc([C@]3(O)O[C@H](CO)[C@@H](O)[C@H](O)[C@H]3O)cc(OC(C)C)c2C#N)cc1. The third-order valence-corrected chi connectivity index (χ3v) is 5.86. The van der Waals surface area contributed by atoms with E-state index in [0.717, 1.165) is 12.0 Å².